The number of aliphatic hydroxyl groups is 1. The number of nitrogens with zero attached hydrogens (tertiary/aromatic N) is 5. The number of pyridine rings is 1. The van der Waals surface area contributed by atoms with Crippen LogP contribution in [-0.2, 0) is 12.2 Å². The predicted octanol–water partition coefficient (Wildman–Crippen LogP) is 6.20. The molecule has 0 bridgehead atoms. The van der Waals surface area contributed by atoms with Crippen molar-refractivity contribution in [3.8, 4) is 27.9 Å². The van der Waals surface area contributed by atoms with Crippen LogP contribution < -0.4 is 5.73 Å². The Morgan fingerprint density at radius 3 is 2.68 bits per heavy atom. The average Bonchev–Trinajstić information content (AvgIpc) is 3.51. The number of nitriles is 1. The Labute approximate surface area is 213 Å². The van der Waals surface area contributed by atoms with E-state index in [0.717, 1.165) is 21.3 Å². The van der Waals surface area contributed by atoms with Gasteiger partial charge in [-0.15, -0.1) is 22.7 Å². The van der Waals surface area contributed by atoms with Crippen LogP contribution in [0.15, 0.2) is 40.1 Å². The molecule has 3 heterocycles. The predicted molar refractivity (Wildman–Crippen MR) is 138 cm³/mol. The lowest BCUT2D eigenvalue weighted by atomic mass is 10.1. The van der Waals surface area contributed by atoms with Crippen molar-refractivity contribution in [2.24, 2.45) is 0 Å². The molecular weight excluding hydrogens is 508 g/mol. The first-order chi connectivity index (χ1) is 16.5. The van der Waals surface area contributed by atoms with Crippen LogP contribution in [0.25, 0.3) is 26.7 Å². The highest BCUT2D eigenvalue weighted by atomic mass is 35.5. The zero-order valence-corrected chi connectivity index (χ0v) is 20.9. The number of benzene rings is 1. The van der Waals surface area contributed by atoms with Crippen molar-refractivity contribution in [3.05, 3.63) is 67.7 Å². The lowest BCUT2D eigenvalue weighted by molar-refractivity contribution is 0.288. The molecule has 0 atom stereocenters. The zero-order valence-electron chi connectivity index (χ0n) is 17.7. The molecule has 4 rings (SSSR count). The summed E-state index contributed by atoms with van der Waals surface area (Å²) in [6.07, 6.45) is 1.22. The average molecular weight is 525 g/mol. The third-order valence-corrected chi connectivity index (χ3v) is 7.85. The van der Waals surface area contributed by atoms with Crippen molar-refractivity contribution in [3.63, 3.8) is 0 Å². The molecule has 3 aromatic heterocycles. The van der Waals surface area contributed by atoms with Gasteiger partial charge in [0.05, 0.1) is 28.5 Å². The maximum absolute atomic E-state index is 9.96. The lowest BCUT2D eigenvalue weighted by Gasteiger charge is -2.11. The second-order valence-electron chi connectivity index (χ2n) is 7.02. The molecule has 0 saturated heterocycles. The molecule has 0 saturated carbocycles. The van der Waals surface area contributed by atoms with E-state index in [1.54, 1.807) is 0 Å². The standard InChI is InChI=1S/C23H17ClN6OS3/c1-27-20-19(17-12-32-18(29-17)3-2-8-31)16(9-25)23(30-21(20)26)34-11-15-10-33-22(28-15)13-4-6-14(24)7-5-13/h4-7,10,12,31H,2-3,8,11H2,(H2,26,30). The molecule has 0 spiro atoms. The van der Waals surface area contributed by atoms with Gasteiger partial charge in [0, 0.05) is 45.7 Å². The van der Waals surface area contributed by atoms with Gasteiger partial charge in [0.15, 0.2) is 0 Å². The summed E-state index contributed by atoms with van der Waals surface area (Å²) in [7, 11) is 0. The van der Waals surface area contributed by atoms with Crippen LogP contribution in [0.2, 0.25) is 5.02 Å². The number of nitrogen functional groups attached to an aromatic ring is 1. The van der Waals surface area contributed by atoms with Crippen LogP contribution in [0.3, 0.4) is 0 Å². The molecule has 3 N–H and O–H groups in total. The zero-order chi connectivity index (χ0) is 24.1. The van der Waals surface area contributed by atoms with Crippen molar-refractivity contribution in [2.75, 3.05) is 12.3 Å². The van der Waals surface area contributed by atoms with Crippen molar-refractivity contribution in [1.29, 1.82) is 5.26 Å². The van der Waals surface area contributed by atoms with Crippen molar-refractivity contribution < 1.29 is 5.11 Å². The minimum Gasteiger partial charge on any atom is -0.396 e. The smallest absolute Gasteiger partial charge is 0.238 e. The number of aromatic nitrogens is 3. The largest absolute Gasteiger partial charge is 0.396 e. The molecular formula is C23H17ClN6OS3. The van der Waals surface area contributed by atoms with Gasteiger partial charge in [-0.25, -0.2) is 19.8 Å². The topological polar surface area (TPSA) is 113 Å². The first-order valence-corrected chi connectivity index (χ1v) is 13.2. The van der Waals surface area contributed by atoms with Gasteiger partial charge >= 0.3 is 0 Å². The van der Waals surface area contributed by atoms with Crippen molar-refractivity contribution in [1.82, 2.24) is 15.0 Å². The van der Waals surface area contributed by atoms with Gasteiger partial charge in [-0.2, -0.15) is 5.26 Å². The van der Waals surface area contributed by atoms with E-state index in [2.05, 4.69) is 25.9 Å². The summed E-state index contributed by atoms with van der Waals surface area (Å²) in [4.78, 5) is 17.2. The molecule has 4 aromatic rings. The van der Waals surface area contributed by atoms with Gasteiger partial charge in [-0.3, -0.25) is 0 Å². The van der Waals surface area contributed by atoms with E-state index in [1.807, 2.05) is 35.0 Å². The Balaban J connectivity index is 1.63. The van der Waals surface area contributed by atoms with Gasteiger partial charge in [0.25, 0.3) is 0 Å². The molecule has 0 aliphatic carbocycles. The number of halogens is 1. The van der Waals surface area contributed by atoms with Crippen molar-refractivity contribution >= 4 is 57.5 Å². The van der Waals surface area contributed by atoms with Crippen LogP contribution in [0, 0.1) is 17.9 Å². The molecule has 0 aliphatic heterocycles. The molecule has 34 heavy (non-hydrogen) atoms. The first-order valence-electron chi connectivity index (χ1n) is 10.0. The number of hydrogen-bond acceptors (Lipinski definition) is 9. The maximum Gasteiger partial charge on any atom is 0.238 e. The first kappa shape index (κ1) is 24.1. The number of nitrogens with two attached hydrogens (primary N) is 1. The highest BCUT2D eigenvalue weighted by molar-refractivity contribution is 7.98. The molecule has 0 fully saturated rings. The minimum absolute atomic E-state index is 0.0662. The van der Waals surface area contributed by atoms with E-state index < -0.39 is 0 Å². The fourth-order valence-corrected chi connectivity index (χ4v) is 5.93. The number of hydrogen-bond donors (Lipinski definition) is 2. The molecule has 7 nitrogen and oxygen atoms in total. The number of aryl methyl sites for hydroxylation is 1. The molecule has 11 heteroatoms. The van der Waals surface area contributed by atoms with E-state index in [9.17, 15) is 5.26 Å². The number of anilines is 1. The van der Waals surface area contributed by atoms with Gasteiger partial charge in [0.2, 0.25) is 5.69 Å². The highest BCUT2D eigenvalue weighted by Crippen LogP contribution is 2.42. The number of aliphatic hydroxyl groups excluding tert-OH is 1. The Bertz CT molecular complexity index is 1400. The Morgan fingerprint density at radius 2 is 1.97 bits per heavy atom. The fraction of sp³-hybridized carbons (Fsp3) is 0.174. The van der Waals surface area contributed by atoms with Gasteiger partial charge in [-0.1, -0.05) is 35.5 Å². The summed E-state index contributed by atoms with van der Waals surface area (Å²) in [6, 6.07) is 9.70. The van der Waals surface area contributed by atoms with Crippen LogP contribution in [0.5, 0.6) is 0 Å². The Morgan fingerprint density at radius 1 is 1.18 bits per heavy atom. The molecule has 0 amide bonds. The van der Waals surface area contributed by atoms with E-state index in [1.165, 1.54) is 34.4 Å². The SMILES string of the molecule is [C-]#[N+]c1c(N)nc(SCc2csc(-c3ccc(Cl)cc3)n2)c(C#N)c1-c1csc(CCCO)n1. The van der Waals surface area contributed by atoms with Crippen molar-refractivity contribution in [2.45, 2.75) is 23.6 Å². The van der Waals surface area contributed by atoms with E-state index in [4.69, 9.17) is 29.0 Å². The number of thioether (sulfide) groups is 1. The van der Waals surface area contributed by atoms with E-state index in [0.29, 0.717) is 39.9 Å². The summed E-state index contributed by atoms with van der Waals surface area (Å²) >= 11 is 10.3. The highest BCUT2D eigenvalue weighted by Gasteiger charge is 2.23. The Kier molecular flexibility index (Phi) is 7.78. The summed E-state index contributed by atoms with van der Waals surface area (Å²) in [6.45, 7) is 7.66. The maximum atomic E-state index is 9.96. The summed E-state index contributed by atoms with van der Waals surface area (Å²) in [5, 5.41) is 25.6. The fourth-order valence-electron chi connectivity index (χ4n) is 3.15. The summed E-state index contributed by atoms with van der Waals surface area (Å²) < 4.78 is 0. The van der Waals surface area contributed by atoms with Crippen LogP contribution in [-0.4, -0.2) is 26.7 Å². The van der Waals surface area contributed by atoms with Crippen LogP contribution >= 0.6 is 46.0 Å². The quantitative estimate of drug-likeness (QED) is 0.208. The second kappa shape index (κ2) is 11.0. The lowest BCUT2D eigenvalue weighted by Crippen LogP contribution is -2.00. The van der Waals surface area contributed by atoms with Gasteiger partial charge < -0.3 is 10.8 Å². The van der Waals surface area contributed by atoms with Gasteiger partial charge in [0.1, 0.15) is 21.9 Å². The summed E-state index contributed by atoms with van der Waals surface area (Å²) in [5.41, 5.74) is 9.27. The Hall–Kier alpha value is -2.99. The monoisotopic (exact) mass is 524 g/mol. The third-order valence-electron chi connectivity index (χ3n) is 4.75. The minimum atomic E-state index is 0.0662. The van der Waals surface area contributed by atoms with E-state index in [-0.39, 0.29) is 23.7 Å². The third kappa shape index (κ3) is 5.22. The molecule has 170 valence electrons. The second-order valence-corrected chi connectivity index (χ2v) is 10.2. The molecule has 0 aliphatic rings. The molecule has 1 aromatic carbocycles. The van der Waals surface area contributed by atoms with Gasteiger partial charge in [-0.05, 0) is 18.6 Å². The van der Waals surface area contributed by atoms with E-state index >= 15 is 0 Å². The molecule has 0 radical (unpaired) electrons. The summed E-state index contributed by atoms with van der Waals surface area (Å²) in [5.74, 6) is 0.553. The van der Waals surface area contributed by atoms with Crippen LogP contribution in [0.1, 0.15) is 22.7 Å². The van der Waals surface area contributed by atoms with Crippen LogP contribution in [0.4, 0.5) is 11.5 Å². The molecule has 0 unspecified atom stereocenters. The normalized spacial score (nSPS) is 10.7. The number of rotatable bonds is 8. The number of thiazole rings is 2.